The number of allylic oxidation sites excluding steroid dienone is 1. The summed E-state index contributed by atoms with van der Waals surface area (Å²) in [5.74, 6) is 0.666. The summed E-state index contributed by atoms with van der Waals surface area (Å²) in [5.41, 5.74) is 2.04. The minimum Gasteiger partial charge on any atom is -0.498 e. The van der Waals surface area contributed by atoms with Crippen LogP contribution in [0.2, 0.25) is 10.0 Å². The number of carbonyl (C=O) groups excluding carboxylic acids is 1. The van der Waals surface area contributed by atoms with Gasteiger partial charge in [-0.3, -0.25) is 14.3 Å². The van der Waals surface area contributed by atoms with Gasteiger partial charge in [-0.05, 0) is 50.1 Å². The lowest BCUT2D eigenvalue weighted by molar-refractivity contribution is 0.0173. The molecule has 0 atom stereocenters. The number of unbranched alkanes of at least 4 members (excludes halogenated alkanes) is 1. The van der Waals surface area contributed by atoms with Crippen LogP contribution in [0.15, 0.2) is 47.5 Å². The molecule has 2 aliphatic heterocycles. The molecule has 2 fully saturated rings. The van der Waals surface area contributed by atoms with Gasteiger partial charge < -0.3 is 24.0 Å². The predicted molar refractivity (Wildman–Crippen MR) is 164 cm³/mol. The number of amides is 1. The van der Waals surface area contributed by atoms with Crippen molar-refractivity contribution in [2.75, 3.05) is 70.5 Å². The van der Waals surface area contributed by atoms with Crippen LogP contribution in [0, 0.1) is 0 Å². The van der Waals surface area contributed by atoms with Gasteiger partial charge in [-0.1, -0.05) is 41.9 Å². The molecule has 0 spiro atoms. The smallest absolute Gasteiger partial charge is 0.411 e. The van der Waals surface area contributed by atoms with E-state index in [4.69, 9.17) is 37.4 Å². The van der Waals surface area contributed by atoms with Crippen LogP contribution in [0.4, 0.5) is 10.5 Å². The van der Waals surface area contributed by atoms with Crippen LogP contribution in [0.1, 0.15) is 31.0 Å². The molecule has 2 aromatic rings. The van der Waals surface area contributed by atoms with Crippen molar-refractivity contribution in [1.82, 2.24) is 14.4 Å². The molecule has 0 saturated carbocycles. The van der Waals surface area contributed by atoms with Gasteiger partial charge in [0.25, 0.3) is 5.56 Å². The van der Waals surface area contributed by atoms with Crippen LogP contribution in [0.3, 0.4) is 0 Å². The number of aromatic nitrogens is 1. The highest BCUT2D eigenvalue weighted by molar-refractivity contribution is 6.43. The van der Waals surface area contributed by atoms with Crippen LogP contribution in [-0.2, 0) is 20.9 Å². The minimum absolute atomic E-state index is 0.202. The fourth-order valence-electron chi connectivity index (χ4n) is 4.89. The normalized spacial score (nSPS) is 16.5. The lowest BCUT2D eigenvalue weighted by Crippen LogP contribution is -2.46. The molecule has 0 bridgehead atoms. The standard InChI is InChI=1S/C30H38Cl2N4O5/c1-3-24-9-10-28(37)36(22-41-30(38)35-16-19-39-20-17-35)27(24)21-23(2)40-18-5-4-11-33-12-14-34(15-13-33)26-8-6-7-25(31)29(26)32/h3,6-10,21H,1,4-5,11-20,22H2,2H3/b23-21+. The van der Waals surface area contributed by atoms with E-state index < -0.39 is 6.09 Å². The summed E-state index contributed by atoms with van der Waals surface area (Å²) in [7, 11) is 0. The lowest BCUT2D eigenvalue weighted by Gasteiger charge is -2.36. The van der Waals surface area contributed by atoms with Gasteiger partial charge in [-0.2, -0.15) is 0 Å². The number of rotatable bonds is 11. The van der Waals surface area contributed by atoms with Gasteiger partial charge >= 0.3 is 6.09 Å². The number of hydrogen-bond donors (Lipinski definition) is 0. The van der Waals surface area contributed by atoms with Crippen LogP contribution in [-0.4, -0.2) is 86.1 Å². The second kappa shape index (κ2) is 15.3. The van der Waals surface area contributed by atoms with Crippen molar-refractivity contribution in [1.29, 1.82) is 0 Å². The third kappa shape index (κ3) is 8.52. The van der Waals surface area contributed by atoms with Crippen molar-refractivity contribution < 1.29 is 19.0 Å². The summed E-state index contributed by atoms with van der Waals surface area (Å²) >= 11 is 12.6. The highest BCUT2D eigenvalue weighted by Crippen LogP contribution is 2.32. The number of piperazine rings is 1. The first-order valence-corrected chi connectivity index (χ1v) is 14.7. The Labute approximate surface area is 251 Å². The second-order valence-corrected chi connectivity index (χ2v) is 10.8. The number of nitrogens with zero attached hydrogens (tertiary/aromatic N) is 4. The Morgan fingerprint density at radius 2 is 1.78 bits per heavy atom. The summed E-state index contributed by atoms with van der Waals surface area (Å²) in [6.45, 7) is 12.7. The van der Waals surface area contributed by atoms with E-state index in [0.29, 0.717) is 54.4 Å². The number of carbonyl (C=O) groups is 1. The third-order valence-corrected chi connectivity index (χ3v) is 8.06. The average Bonchev–Trinajstić information content (AvgIpc) is 2.99. The summed E-state index contributed by atoms with van der Waals surface area (Å²) in [6.07, 6.45) is 4.90. The highest BCUT2D eigenvalue weighted by Gasteiger charge is 2.20. The van der Waals surface area contributed by atoms with E-state index in [1.807, 2.05) is 25.1 Å². The summed E-state index contributed by atoms with van der Waals surface area (Å²) in [4.78, 5) is 31.4. The molecule has 2 saturated heterocycles. The highest BCUT2D eigenvalue weighted by atomic mass is 35.5. The Hall–Kier alpha value is -2.98. The summed E-state index contributed by atoms with van der Waals surface area (Å²) in [6, 6.07) is 8.90. The van der Waals surface area contributed by atoms with Gasteiger partial charge in [0, 0.05) is 51.4 Å². The number of halogens is 2. The predicted octanol–water partition coefficient (Wildman–Crippen LogP) is 5.20. The molecule has 1 amide bonds. The van der Waals surface area contributed by atoms with E-state index in [2.05, 4.69) is 16.4 Å². The van der Waals surface area contributed by atoms with E-state index in [9.17, 15) is 9.59 Å². The Balaban J connectivity index is 1.24. The topological polar surface area (TPSA) is 76.5 Å². The Bertz CT molecular complexity index is 1280. The fourth-order valence-corrected chi connectivity index (χ4v) is 5.30. The number of anilines is 1. The molecule has 0 N–H and O–H groups in total. The van der Waals surface area contributed by atoms with E-state index in [1.54, 1.807) is 23.1 Å². The van der Waals surface area contributed by atoms with Crippen LogP contribution < -0.4 is 10.5 Å². The Morgan fingerprint density at radius 1 is 1.02 bits per heavy atom. The van der Waals surface area contributed by atoms with Crippen LogP contribution >= 0.6 is 23.2 Å². The molecule has 222 valence electrons. The zero-order valence-electron chi connectivity index (χ0n) is 23.5. The molecule has 3 heterocycles. The second-order valence-electron chi connectivity index (χ2n) is 10.00. The maximum absolute atomic E-state index is 12.7. The van der Waals surface area contributed by atoms with E-state index in [0.717, 1.165) is 56.8 Å². The molecule has 4 rings (SSSR count). The fraction of sp³-hybridized carbons (Fsp3) is 0.467. The molecule has 0 radical (unpaired) electrons. The van der Waals surface area contributed by atoms with Gasteiger partial charge in [-0.25, -0.2) is 4.79 Å². The van der Waals surface area contributed by atoms with E-state index >= 15 is 0 Å². The number of morpholine rings is 1. The SMILES string of the molecule is C=Cc1ccc(=O)n(COC(=O)N2CCOCC2)c1/C=C(\C)OCCCCN1CCN(c2cccc(Cl)c2Cl)CC1. The van der Waals surface area contributed by atoms with Crippen LogP contribution in [0.5, 0.6) is 0 Å². The maximum Gasteiger partial charge on any atom is 0.411 e. The molecular weight excluding hydrogens is 567 g/mol. The van der Waals surface area contributed by atoms with Gasteiger partial charge in [0.05, 0.1) is 47.0 Å². The van der Waals surface area contributed by atoms with Crippen LogP contribution in [0.25, 0.3) is 12.2 Å². The van der Waals surface area contributed by atoms with Crippen molar-refractivity contribution in [3.05, 3.63) is 74.3 Å². The third-order valence-electron chi connectivity index (χ3n) is 7.25. The van der Waals surface area contributed by atoms with E-state index in [-0.39, 0.29) is 12.3 Å². The zero-order chi connectivity index (χ0) is 29.2. The van der Waals surface area contributed by atoms with Crippen molar-refractivity contribution in [2.45, 2.75) is 26.5 Å². The number of hydrogen-bond acceptors (Lipinski definition) is 7. The summed E-state index contributed by atoms with van der Waals surface area (Å²) in [5, 5.41) is 1.20. The molecule has 9 nitrogen and oxygen atoms in total. The Morgan fingerprint density at radius 3 is 2.51 bits per heavy atom. The molecule has 0 unspecified atom stereocenters. The molecule has 11 heteroatoms. The summed E-state index contributed by atoms with van der Waals surface area (Å²) < 4.78 is 18.1. The molecule has 41 heavy (non-hydrogen) atoms. The molecule has 1 aromatic heterocycles. The van der Waals surface area contributed by atoms with Gasteiger partial charge in [0.15, 0.2) is 6.73 Å². The van der Waals surface area contributed by atoms with E-state index in [1.165, 1.54) is 10.6 Å². The number of pyridine rings is 1. The first-order valence-electron chi connectivity index (χ1n) is 14.0. The number of ether oxygens (including phenoxy) is 3. The average molecular weight is 606 g/mol. The molecular formula is C30H38Cl2N4O5. The quantitative estimate of drug-likeness (QED) is 0.257. The maximum atomic E-state index is 12.7. The molecule has 1 aromatic carbocycles. The lowest BCUT2D eigenvalue weighted by atomic mass is 10.1. The molecule has 2 aliphatic rings. The van der Waals surface area contributed by atoms with Crippen molar-refractivity contribution in [3.8, 4) is 0 Å². The largest absolute Gasteiger partial charge is 0.498 e. The van der Waals surface area contributed by atoms with Gasteiger partial charge in [-0.15, -0.1) is 0 Å². The first kappa shape index (κ1) is 31.0. The first-order chi connectivity index (χ1) is 19.9. The molecule has 0 aliphatic carbocycles. The van der Waals surface area contributed by atoms with Gasteiger partial charge in [0.1, 0.15) is 0 Å². The van der Waals surface area contributed by atoms with Crippen molar-refractivity contribution in [3.63, 3.8) is 0 Å². The van der Waals surface area contributed by atoms with Crippen molar-refractivity contribution in [2.24, 2.45) is 0 Å². The monoisotopic (exact) mass is 604 g/mol. The van der Waals surface area contributed by atoms with Gasteiger partial charge in [0.2, 0.25) is 0 Å². The Kier molecular flexibility index (Phi) is 11.6. The number of benzene rings is 1. The van der Waals surface area contributed by atoms with Crippen molar-refractivity contribution >= 4 is 47.1 Å². The minimum atomic E-state index is -0.471. The zero-order valence-corrected chi connectivity index (χ0v) is 25.0.